The van der Waals surface area contributed by atoms with Crippen molar-refractivity contribution in [1.82, 2.24) is 9.78 Å². The molecular weight excluding hydrogens is 386 g/mol. The van der Waals surface area contributed by atoms with Gasteiger partial charge >= 0.3 is 5.97 Å². The quantitative estimate of drug-likeness (QED) is 0.583. The van der Waals surface area contributed by atoms with Gasteiger partial charge in [-0.3, -0.25) is 4.79 Å². The van der Waals surface area contributed by atoms with Crippen molar-refractivity contribution >= 4 is 17.7 Å². The van der Waals surface area contributed by atoms with Crippen LogP contribution in [0.3, 0.4) is 0 Å². The summed E-state index contributed by atoms with van der Waals surface area (Å²) >= 11 is 0. The van der Waals surface area contributed by atoms with Crippen LogP contribution in [0, 0.1) is 0 Å². The van der Waals surface area contributed by atoms with Crippen LogP contribution in [-0.2, 0) is 9.53 Å². The molecule has 0 unspecified atom stereocenters. The molecule has 1 aliphatic rings. The van der Waals surface area contributed by atoms with E-state index in [2.05, 4.69) is 10.4 Å². The fourth-order valence-electron chi connectivity index (χ4n) is 3.03. The minimum absolute atomic E-state index is 0.0473. The molecule has 2 N–H and O–H groups in total. The minimum atomic E-state index is -0.805. The first-order valence-electron chi connectivity index (χ1n) is 9.54. The van der Waals surface area contributed by atoms with E-state index in [0.29, 0.717) is 17.5 Å². The number of hydrogen-bond acceptors (Lipinski definition) is 6. The molecular formula is C22H21N3O5. The number of phenols is 1. The molecule has 8 nitrogen and oxygen atoms in total. The van der Waals surface area contributed by atoms with E-state index in [9.17, 15) is 14.7 Å². The maximum atomic E-state index is 12.4. The average molecular weight is 407 g/mol. The number of anilines is 1. The molecule has 30 heavy (non-hydrogen) atoms. The number of amides is 1. The topological polar surface area (TPSA) is 103 Å². The van der Waals surface area contributed by atoms with Crippen LogP contribution in [0.1, 0.15) is 34.8 Å². The molecule has 1 saturated carbocycles. The first-order valence-corrected chi connectivity index (χ1v) is 9.54. The zero-order valence-corrected chi connectivity index (χ0v) is 16.4. The summed E-state index contributed by atoms with van der Waals surface area (Å²) in [5.74, 6) is -0.257. The predicted octanol–water partition coefficient (Wildman–Crippen LogP) is 3.26. The Bertz CT molecular complexity index is 1070. The molecule has 1 aromatic heterocycles. The second-order valence-corrected chi connectivity index (χ2v) is 6.98. The van der Waals surface area contributed by atoms with Crippen LogP contribution in [0.25, 0.3) is 5.69 Å². The standard InChI is InChI=1S/C22H21N3O5/c1-29-16-9-10-17(19(26)11-16)22(28)30-13-21(27)23-20-12-18(14-7-8-14)24-25(20)15-5-3-2-4-6-15/h2-6,9-12,14,26H,7-8,13H2,1H3,(H,23,27). The number of nitrogens with one attached hydrogen (secondary N) is 1. The maximum Gasteiger partial charge on any atom is 0.342 e. The van der Waals surface area contributed by atoms with Crippen LogP contribution >= 0.6 is 0 Å². The van der Waals surface area contributed by atoms with Gasteiger partial charge in [-0.1, -0.05) is 18.2 Å². The van der Waals surface area contributed by atoms with Gasteiger partial charge in [0.2, 0.25) is 0 Å². The number of rotatable bonds is 7. The third-order valence-corrected chi connectivity index (χ3v) is 4.75. The highest BCUT2D eigenvalue weighted by molar-refractivity contribution is 5.96. The number of esters is 1. The fourth-order valence-corrected chi connectivity index (χ4v) is 3.03. The number of carbonyl (C=O) groups excluding carboxylic acids is 2. The zero-order chi connectivity index (χ0) is 21.1. The van der Waals surface area contributed by atoms with Gasteiger partial charge in [0.25, 0.3) is 5.91 Å². The van der Waals surface area contributed by atoms with Gasteiger partial charge in [0.05, 0.1) is 18.5 Å². The number of aromatic nitrogens is 2. The van der Waals surface area contributed by atoms with E-state index in [0.717, 1.165) is 24.2 Å². The first kappa shape index (κ1) is 19.5. The number of hydrogen-bond donors (Lipinski definition) is 2. The summed E-state index contributed by atoms with van der Waals surface area (Å²) in [6, 6.07) is 15.5. The maximum absolute atomic E-state index is 12.4. The van der Waals surface area contributed by atoms with E-state index in [-0.39, 0.29) is 11.3 Å². The second kappa shape index (κ2) is 8.28. The van der Waals surface area contributed by atoms with Crippen molar-refractivity contribution in [3.05, 3.63) is 65.9 Å². The van der Waals surface area contributed by atoms with Crippen molar-refractivity contribution < 1.29 is 24.2 Å². The molecule has 0 bridgehead atoms. The number of nitrogens with zero attached hydrogens (tertiary/aromatic N) is 2. The molecule has 0 aliphatic heterocycles. The molecule has 0 atom stereocenters. The summed E-state index contributed by atoms with van der Waals surface area (Å²) in [6.45, 7) is -0.497. The molecule has 1 amide bonds. The molecule has 4 rings (SSSR count). The van der Waals surface area contributed by atoms with Gasteiger partial charge in [-0.2, -0.15) is 5.10 Å². The molecule has 1 aliphatic carbocycles. The number of benzene rings is 2. The Balaban J connectivity index is 1.43. The number of para-hydroxylation sites is 1. The van der Waals surface area contributed by atoms with Crippen LogP contribution in [0.5, 0.6) is 11.5 Å². The Labute approximate surface area is 173 Å². The Kier molecular flexibility index (Phi) is 5.38. The van der Waals surface area contributed by atoms with Crippen LogP contribution in [-0.4, -0.2) is 40.5 Å². The third-order valence-electron chi connectivity index (χ3n) is 4.75. The molecule has 1 fully saturated rings. The van der Waals surface area contributed by atoms with Crippen LogP contribution < -0.4 is 10.1 Å². The summed E-state index contributed by atoms with van der Waals surface area (Å²) in [5.41, 5.74) is 1.70. The van der Waals surface area contributed by atoms with Gasteiger partial charge < -0.3 is 19.9 Å². The van der Waals surface area contributed by atoms with E-state index in [1.165, 1.54) is 25.3 Å². The predicted molar refractivity (Wildman–Crippen MR) is 109 cm³/mol. The van der Waals surface area contributed by atoms with Gasteiger partial charge in [-0.05, 0) is 37.1 Å². The van der Waals surface area contributed by atoms with Crippen molar-refractivity contribution in [2.45, 2.75) is 18.8 Å². The van der Waals surface area contributed by atoms with Gasteiger partial charge in [0, 0.05) is 18.1 Å². The van der Waals surface area contributed by atoms with Crippen LogP contribution in [0.15, 0.2) is 54.6 Å². The van der Waals surface area contributed by atoms with Crippen LogP contribution in [0.2, 0.25) is 0 Å². The summed E-state index contributed by atoms with van der Waals surface area (Å²) in [7, 11) is 1.45. The van der Waals surface area contributed by atoms with Gasteiger partial charge in [0.15, 0.2) is 6.61 Å². The fraction of sp³-hybridized carbons (Fsp3) is 0.227. The molecule has 1 heterocycles. The van der Waals surface area contributed by atoms with Crippen LogP contribution in [0.4, 0.5) is 5.82 Å². The number of ether oxygens (including phenoxy) is 2. The summed E-state index contributed by atoms with van der Waals surface area (Å²) in [4.78, 5) is 24.6. The highest BCUT2D eigenvalue weighted by Gasteiger charge is 2.28. The SMILES string of the molecule is COc1ccc(C(=O)OCC(=O)Nc2cc(C3CC3)nn2-c2ccccc2)c(O)c1. The monoisotopic (exact) mass is 407 g/mol. The molecule has 0 spiro atoms. The highest BCUT2D eigenvalue weighted by atomic mass is 16.5. The Morgan fingerprint density at radius 3 is 2.60 bits per heavy atom. The van der Waals surface area contributed by atoms with Crippen molar-refractivity contribution in [2.75, 3.05) is 19.0 Å². The second-order valence-electron chi connectivity index (χ2n) is 6.98. The lowest BCUT2D eigenvalue weighted by molar-refractivity contribution is -0.119. The van der Waals surface area contributed by atoms with Gasteiger partial charge in [-0.25, -0.2) is 9.48 Å². The van der Waals surface area contributed by atoms with E-state index in [1.54, 1.807) is 4.68 Å². The largest absolute Gasteiger partial charge is 0.507 e. The van der Waals surface area contributed by atoms with Crippen molar-refractivity contribution in [2.24, 2.45) is 0 Å². The lowest BCUT2D eigenvalue weighted by Crippen LogP contribution is -2.22. The lowest BCUT2D eigenvalue weighted by Gasteiger charge is -2.10. The Hall–Kier alpha value is -3.81. The Morgan fingerprint density at radius 1 is 1.17 bits per heavy atom. The van der Waals surface area contributed by atoms with Crippen molar-refractivity contribution in [1.29, 1.82) is 0 Å². The number of methoxy groups -OCH3 is 1. The zero-order valence-electron chi connectivity index (χ0n) is 16.4. The van der Waals surface area contributed by atoms with E-state index in [4.69, 9.17) is 9.47 Å². The van der Waals surface area contributed by atoms with Gasteiger partial charge in [0.1, 0.15) is 22.9 Å². The number of aromatic hydroxyl groups is 1. The van der Waals surface area contributed by atoms with Crippen molar-refractivity contribution in [3.63, 3.8) is 0 Å². The molecule has 2 aromatic carbocycles. The highest BCUT2D eigenvalue weighted by Crippen LogP contribution is 2.40. The molecule has 0 radical (unpaired) electrons. The van der Waals surface area contributed by atoms with E-state index < -0.39 is 18.5 Å². The molecule has 0 saturated heterocycles. The first-order chi connectivity index (χ1) is 14.5. The molecule has 154 valence electrons. The lowest BCUT2D eigenvalue weighted by atomic mass is 10.2. The third kappa shape index (κ3) is 4.27. The molecule has 3 aromatic rings. The average Bonchev–Trinajstić information content (AvgIpc) is 3.53. The van der Waals surface area contributed by atoms with E-state index in [1.807, 2.05) is 36.4 Å². The normalized spacial score (nSPS) is 13.0. The Morgan fingerprint density at radius 2 is 1.93 bits per heavy atom. The van der Waals surface area contributed by atoms with Gasteiger partial charge in [-0.15, -0.1) is 0 Å². The van der Waals surface area contributed by atoms with E-state index >= 15 is 0 Å². The summed E-state index contributed by atoms with van der Waals surface area (Å²) in [6.07, 6.45) is 2.17. The van der Waals surface area contributed by atoms with Crippen molar-refractivity contribution in [3.8, 4) is 17.2 Å². The number of carbonyl (C=O) groups is 2. The minimum Gasteiger partial charge on any atom is -0.507 e. The number of phenolic OH excluding ortho intramolecular Hbond substituents is 1. The summed E-state index contributed by atoms with van der Waals surface area (Å²) in [5, 5.41) is 17.3. The molecule has 8 heteroatoms. The smallest absolute Gasteiger partial charge is 0.342 e. The summed E-state index contributed by atoms with van der Waals surface area (Å²) < 4.78 is 11.7.